The molecule has 23 heavy (non-hydrogen) atoms. The molecular weight excluding hydrogens is 312 g/mol. The minimum Gasteiger partial charge on any atom is -0.475 e. The number of carboxylic acids is 1. The number of unbranched alkanes of at least 4 members (excludes halogenated alkanes) is 5. The van der Waals surface area contributed by atoms with E-state index in [9.17, 15) is 9.59 Å². The van der Waals surface area contributed by atoms with E-state index in [1.54, 1.807) is 0 Å². The van der Waals surface area contributed by atoms with Gasteiger partial charge in [-0.2, -0.15) is 0 Å². The van der Waals surface area contributed by atoms with Crippen LogP contribution < -0.4 is 5.56 Å². The van der Waals surface area contributed by atoms with Gasteiger partial charge >= 0.3 is 5.97 Å². The van der Waals surface area contributed by atoms with Gasteiger partial charge in [-0.3, -0.25) is 9.36 Å². The quantitative estimate of drug-likeness (QED) is 0.742. The van der Waals surface area contributed by atoms with Crippen LogP contribution in [-0.4, -0.2) is 20.6 Å². The van der Waals surface area contributed by atoms with Crippen LogP contribution in [0.25, 0.3) is 10.2 Å². The summed E-state index contributed by atoms with van der Waals surface area (Å²) in [5.41, 5.74) is 0.693. The Labute approximate surface area is 140 Å². The van der Waals surface area contributed by atoms with Crippen molar-refractivity contribution < 1.29 is 9.90 Å². The summed E-state index contributed by atoms with van der Waals surface area (Å²) in [6, 6.07) is 0. The number of thiophene rings is 1. The van der Waals surface area contributed by atoms with Gasteiger partial charge in [-0.25, -0.2) is 9.78 Å². The van der Waals surface area contributed by atoms with E-state index in [0.717, 1.165) is 27.8 Å². The van der Waals surface area contributed by atoms with Gasteiger partial charge < -0.3 is 5.11 Å². The fourth-order valence-electron chi connectivity index (χ4n) is 2.81. The molecule has 0 aliphatic heterocycles. The summed E-state index contributed by atoms with van der Waals surface area (Å²) in [7, 11) is 1.46. The predicted octanol–water partition coefficient (Wildman–Crippen LogP) is 3.90. The molecule has 0 spiro atoms. The van der Waals surface area contributed by atoms with Gasteiger partial charge in [0.25, 0.3) is 5.56 Å². The standard InChI is InChI=1S/C17H24N2O3S/c1-4-5-6-7-8-9-10-12-11(2)13-15(23-12)18-14(17(21)22)19(3)16(13)20/h4-10H2,1-3H3,(H,21,22). The first-order valence-corrected chi connectivity index (χ1v) is 9.01. The summed E-state index contributed by atoms with van der Waals surface area (Å²) in [5, 5.41) is 9.72. The Morgan fingerprint density at radius 2 is 1.87 bits per heavy atom. The third kappa shape index (κ3) is 3.80. The highest BCUT2D eigenvalue weighted by Crippen LogP contribution is 2.28. The van der Waals surface area contributed by atoms with Crippen LogP contribution in [0.3, 0.4) is 0 Å². The van der Waals surface area contributed by atoms with Crippen LogP contribution in [0.15, 0.2) is 4.79 Å². The molecule has 0 aliphatic rings. The van der Waals surface area contributed by atoms with E-state index in [2.05, 4.69) is 11.9 Å². The summed E-state index contributed by atoms with van der Waals surface area (Å²) < 4.78 is 1.12. The third-order valence-electron chi connectivity index (χ3n) is 4.22. The molecule has 0 unspecified atom stereocenters. The van der Waals surface area contributed by atoms with Crippen LogP contribution in [0, 0.1) is 6.92 Å². The maximum atomic E-state index is 12.4. The van der Waals surface area contributed by atoms with Gasteiger partial charge in [0.2, 0.25) is 5.82 Å². The van der Waals surface area contributed by atoms with Gasteiger partial charge in [0.1, 0.15) is 4.83 Å². The van der Waals surface area contributed by atoms with Crippen LogP contribution in [0.5, 0.6) is 0 Å². The molecule has 1 N–H and O–H groups in total. The van der Waals surface area contributed by atoms with Gasteiger partial charge in [0, 0.05) is 11.9 Å². The molecule has 0 saturated carbocycles. The number of hydrogen-bond acceptors (Lipinski definition) is 4. The van der Waals surface area contributed by atoms with E-state index in [4.69, 9.17) is 5.11 Å². The molecular formula is C17H24N2O3S. The number of aryl methyl sites for hydroxylation is 2. The lowest BCUT2D eigenvalue weighted by Crippen LogP contribution is -2.24. The molecule has 126 valence electrons. The zero-order valence-corrected chi connectivity index (χ0v) is 14.8. The molecule has 0 atom stereocenters. The average molecular weight is 336 g/mol. The average Bonchev–Trinajstić information content (AvgIpc) is 2.82. The summed E-state index contributed by atoms with van der Waals surface area (Å²) in [6.07, 6.45) is 8.30. The molecule has 2 aromatic heterocycles. The minimum atomic E-state index is -1.17. The predicted molar refractivity (Wildman–Crippen MR) is 93.6 cm³/mol. The second-order valence-electron chi connectivity index (χ2n) is 5.95. The lowest BCUT2D eigenvalue weighted by Gasteiger charge is -2.03. The van der Waals surface area contributed by atoms with Crippen molar-refractivity contribution in [2.75, 3.05) is 0 Å². The van der Waals surface area contributed by atoms with Crippen LogP contribution in [0.1, 0.15) is 66.5 Å². The first-order valence-electron chi connectivity index (χ1n) is 8.19. The van der Waals surface area contributed by atoms with Gasteiger partial charge in [-0.1, -0.05) is 39.0 Å². The van der Waals surface area contributed by atoms with Crippen molar-refractivity contribution in [3.05, 3.63) is 26.6 Å². The first kappa shape index (κ1) is 17.7. The topological polar surface area (TPSA) is 72.2 Å². The van der Waals surface area contributed by atoms with Crippen LogP contribution in [0.2, 0.25) is 0 Å². The van der Waals surface area contributed by atoms with Gasteiger partial charge in [-0.05, 0) is 25.3 Å². The third-order valence-corrected chi connectivity index (χ3v) is 5.46. The molecule has 0 aliphatic carbocycles. The van der Waals surface area contributed by atoms with E-state index in [0.29, 0.717) is 10.2 Å². The van der Waals surface area contributed by atoms with Crippen LogP contribution >= 0.6 is 11.3 Å². The fourth-order valence-corrected chi connectivity index (χ4v) is 4.01. The van der Waals surface area contributed by atoms with Crippen molar-refractivity contribution in [1.29, 1.82) is 0 Å². The Kier molecular flexibility index (Phi) is 5.93. The summed E-state index contributed by atoms with van der Waals surface area (Å²) in [6.45, 7) is 4.15. The minimum absolute atomic E-state index is 0.199. The van der Waals surface area contributed by atoms with Crippen molar-refractivity contribution in [2.45, 2.75) is 58.8 Å². The maximum absolute atomic E-state index is 12.4. The Hall–Kier alpha value is -1.69. The van der Waals surface area contributed by atoms with E-state index < -0.39 is 5.97 Å². The number of carboxylic acid groups (broad SMARTS) is 1. The van der Waals surface area contributed by atoms with E-state index in [-0.39, 0.29) is 11.4 Å². The highest BCUT2D eigenvalue weighted by molar-refractivity contribution is 7.18. The van der Waals surface area contributed by atoms with E-state index >= 15 is 0 Å². The van der Waals surface area contributed by atoms with Gasteiger partial charge in [0.05, 0.1) is 5.39 Å². The Morgan fingerprint density at radius 1 is 1.22 bits per heavy atom. The molecule has 2 rings (SSSR count). The highest BCUT2D eigenvalue weighted by atomic mass is 32.1. The molecule has 0 fully saturated rings. The lowest BCUT2D eigenvalue weighted by atomic mass is 10.1. The first-order chi connectivity index (χ1) is 11.0. The molecule has 6 heteroatoms. The molecule has 0 radical (unpaired) electrons. The molecule has 0 aromatic carbocycles. The second kappa shape index (κ2) is 7.73. The number of nitrogens with zero attached hydrogens (tertiary/aromatic N) is 2. The zero-order chi connectivity index (χ0) is 17.0. The van der Waals surface area contributed by atoms with Crippen molar-refractivity contribution in [2.24, 2.45) is 7.05 Å². The lowest BCUT2D eigenvalue weighted by molar-refractivity contribution is 0.0678. The Balaban J connectivity index is 2.20. The van der Waals surface area contributed by atoms with Crippen molar-refractivity contribution in [3.63, 3.8) is 0 Å². The fraction of sp³-hybridized carbons (Fsp3) is 0.588. The number of carbonyl (C=O) groups is 1. The van der Waals surface area contributed by atoms with Crippen LogP contribution in [0.4, 0.5) is 0 Å². The molecule has 2 aromatic rings. The monoisotopic (exact) mass is 336 g/mol. The van der Waals surface area contributed by atoms with Crippen LogP contribution in [-0.2, 0) is 13.5 Å². The molecule has 2 heterocycles. The zero-order valence-electron chi connectivity index (χ0n) is 14.0. The molecule has 5 nitrogen and oxygen atoms in total. The SMILES string of the molecule is CCCCCCCCc1sc2nc(C(=O)O)n(C)c(=O)c2c1C. The number of fused-ring (bicyclic) bond motifs is 1. The Bertz CT molecular complexity index is 761. The summed E-state index contributed by atoms with van der Waals surface area (Å²) in [4.78, 5) is 29.5. The number of hydrogen-bond donors (Lipinski definition) is 1. The molecule has 0 bridgehead atoms. The normalized spacial score (nSPS) is 11.3. The second-order valence-corrected chi connectivity index (χ2v) is 7.04. The molecule has 0 saturated heterocycles. The maximum Gasteiger partial charge on any atom is 0.372 e. The van der Waals surface area contributed by atoms with Gasteiger partial charge in [0.15, 0.2) is 0 Å². The van der Waals surface area contributed by atoms with Crippen molar-refractivity contribution in [1.82, 2.24) is 9.55 Å². The van der Waals surface area contributed by atoms with Crippen molar-refractivity contribution >= 4 is 27.5 Å². The van der Waals surface area contributed by atoms with E-state index in [1.165, 1.54) is 50.5 Å². The number of aromatic carboxylic acids is 1. The summed E-state index contributed by atoms with van der Waals surface area (Å²) in [5.74, 6) is -1.37. The number of aromatic nitrogens is 2. The number of rotatable bonds is 8. The van der Waals surface area contributed by atoms with Crippen molar-refractivity contribution in [3.8, 4) is 0 Å². The van der Waals surface area contributed by atoms with E-state index in [1.807, 2.05) is 6.92 Å². The molecule has 0 amide bonds. The largest absolute Gasteiger partial charge is 0.475 e. The Morgan fingerprint density at radius 3 is 2.52 bits per heavy atom. The summed E-state index contributed by atoms with van der Waals surface area (Å²) >= 11 is 1.46. The highest BCUT2D eigenvalue weighted by Gasteiger charge is 2.19. The van der Waals surface area contributed by atoms with Gasteiger partial charge in [-0.15, -0.1) is 11.3 Å². The smallest absolute Gasteiger partial charge is 0.372 e.